The minimum Gasteiger partial charge on any atom is -0.368 e. The zero-order valence-electron chi connectivity index (χ0n) is 10.7. The number of hydrogen-bond donors (Lipinski definition) is 3. The molecule has 0 saturated carbocycles. The van der Waals surface area contributed by atoms with Crippen molar-refractivity contribution in [3.8, 4) is 0 Å². The highest BCUT2D eigenvalue weighted by Crippen LogP contribution is 2.32. The lowest BCUT2D eigenvalue weighted by Gasteiger charge is -2.12. The molecule has 112 valence electrons. The van der Waals surface area contributed by atoms with Gasteiger partial charge in [0, 0.05) is 0 Å². The summed E-state index contributed by atoms with van der Waals surface area (Å²) < 4.78 is 0. The van der Waals surface area contributed by atoms with Gasteiger partial charge in [-0.15, -0.1) is 5.10 Å². The van der Waals surface area contributed by atoms with Gasteiger partial charge in [0.25, 0.3) is 0 Å². The molecule has 1 aromatic carbocycles. The van der Waals surface area contributed by atoms with E-state index >= 15 is 0 Å². The normalized spacial score (nSPS) is 12.2. The molecule has 2 aromatic rings. The highest BCUT2D eigenvalue weighted by Gasteiger charge is 2.18. The van der Waals surface area contributed by atoms with Crippen molar-refractivity contribution >= 4 is 64.1 Å². The second-order valence-electron chi connectivity index (χ2n) is 4.00. The second kappa shape index (κ2) is 6.74. The Balaban J connectivity index is 2.05. The van der Waals surface area contributed by atoms with Gasteiger partial charge in [-0.05, 0) is 19.1 Å². The molecule has 0 aliphatic heterocycles. The topological polar surface area (TPSA) is 96.7 Å². The van der Waals surface area contributed by atoms with Gasteiger partial charge in [-0.3, -0.25) is 4.79 Å². The van der Waals surface area contributed by atoms with E-state index in [-0.39, 0.29) is 11.9 Å². The van der Waals surface area contributed by atoms with E-state index in [4.69, 9.17) is 40.5 Å². The predicted molar refractivity (Wildman–Crippen MR) is 86.2 cm³/mol. The van der Waals surface area contributed by atoms with Gasteiger partial charge in [-0.2, -0.15) is 4.98 Å². The number of aromatic amines is 1. The van der Waals surface area contributed by atoms with Crippen LogP contribution in [0.1, 0.15) is 6.92 Å². The summed E-state index contributed by atoms with van der Waals surface area (Å²) in [5, 5.41) is 9.87. The van der Waals surface area contributed by atoms with Gasteiger partial charge < -0.3 is 11.1 Å². The number of aromatic nitrogens is 3. The average Bonchev–Trinajstić information content (AvgIpc) is 2.81. The zero-order chi connectivity index (χ0) is 15.6. The van der Waals surface area contributed by atoms with Gasteiger partial charge >= 0.3 is 0 Å². The number of nitrogen functional groups attached to an aromatic ring is 1. The van der Waals surface area contributed by atoms with Crippen molar-refractivity contribution in [2.45, 2.75) is 17.3 Å². The number of carbonyl (C=O) groups excluding carboxylic acids is 1. The lowest BCUT2D eigenvalue weighted by atomic mass is 10.3. The van der Waals surface area contributed by atoms with E-state index < -0.39 is 5.25 Å². The number of carbonyl (C=O) groups is 1. The van der Waals surface area contributed by atoms with Crippen LogP contribution >= 0.6 is 46.6 Å². The van der Waals surface area contributed by atoms with Crippen LogP contribution in [-0.4, -0.2) is 26.3 Å². The number of halogens is 3. The number of rotatable bonds is 4. The number of hydrogen-bond acceptors (Lipinski definition) is 5. The average molecular weight is 367 g/mol. The van der Waals surface area contributed by atoms with Gasteiger partial charge in [0.15, 0.2) is 0 Å². The van der Waals surface area contributed by atoms with Crippen molar-refractivity contribution in [2.75, 3.05) is 11.1 Å². The summed E-state index contributed by atoms with van der Waals surface area (Å²) in [6.45, 7) is 1.71. The van der Waals surface area contributed by atoms with Crippen LogP contribution in [0, 0.1) is 0 Å². The molecule has 1 unspecified atom stereocenters. The molecule has 0 saturated heterocycles. The quantitative estimate of drug-likeness (QED) is 0.568. The number of anilines is 2. The van der Waals surface area contributed by atoms with E-state index in [0.717, 1.165) is 11.8 Å². The molecule has 2 rings (SSSR count). The van der Waals surface area contributed by atoms with Gasteiger partial charge in [-0.1, -0.05) is 46.6 Å². The number of benzene rings is 1. The molecule has 0 aliphatic rings. The molecule has 6 nitrogen and oxygen atoms in total. The maximum Gasteiger partial charge on any atom is 0.237 e. The molecule has 10 heteroatoms. The Labute approximate surface area is 139 Å². The first-order valence-electron chi connectivity index (χ1n) is 5.66. The Kier molecular flexibility index (Phi) is 5.21. The fraction of sp³-hybridized carbons (Fsp3) is 0.182. The smallest absolute Gasteiger partial charge is 0.237 e. The van der Waals surface area contributed by atoms with Crippen LogP contribution < -0.4 is 11.1 Å². The molecule has 0 fully saturated rings. The lowest BCUT2D eigenvalue weighted by molar-refractivity contribution is -0.115. The van der Waals surface area contributed by atoms with E-state index in [1.807, 2.05) is 0 Å². The first-order valence-corrected chi connectivity index (χ1v) is 7.68. The first kappa shape index (κ1) is 16.2. The number of nitrogens with one attached hydrogen (secondary N) is 2. The molecular weight excluding hydrogens is 357 g/mol. The van der Waals surface area contributed by atoms with Gasteiger partial charge in [-0.25, -0.2) is 5.10 Å². The summed E-state index contributed by atoms with van der Waals surface area (Å²) in [4.78, 5) is 16.0. The van der Waals surface area contributed by atoms with Crippen molar-refractivity contribution in [3.63, 3.8) is 0 Å². The summed E-state index contributed by atoms with van der Waals surface area (Å²) in [7, 11) is 0. The van der Waals surface area contributed by atoms with Gasteiger partial charge in [0.2, 0.25) is 17.0 Å². The molecule has 21 heavy (non-hydrogen) atoms. The zero-order valence-corrected chi connectivity index (χ0v) is 13.7. The molecule has 0 radical (unpaired) electrons. The molecule has 4 N–H and O–H groups in total. The van der Waals surface area contributed by atoms with Crippen LogP contribution in [0.15, 0.2) is 17.3 Å². The van der Waals surface area contributed by atoms with Crippen LogP contribution in [-0.2, 0) is 4.79 Å². The van der Waals surface area contributed by atoms with E-state index in [0.29, 0.717) is 25.9 Å². The summed E-state index contributed by atoms with van der Waals surface area (Å²) in [6, 6.07) is 2.96. The summed E-state index contributed by atoms with van der Waals surface area (Å²) >= 11 is 18.9. The van der Waals surface area contributed by atoms with E-state index in [2.05, 4.69) is 20.5 Å². The highest BCUT2D eigenvalue weighted by molar-refractivity contribution is 8.00. The monoisotopic (exact) mass is 365 g/mol. The highest BCUT2D eigenvalue weighted by atomic mass is 35.5. The molecule has 0 aliphatic carbocycles. The third-order valence-electron chi connectivity index (χ3n) is 2.40. The molecule has 1 amide bonds. The largest absolute Gasteiger partial charge is 0.368 e. The van der Waals surface area contributed by atoms with Gasteiger partial charge in [0.05, 0.1) is 26.0 Å². The van der Waals surface area contributed by atoms with Crippen molar-refractivity contribution in [2.24, 2.45) is 0 Å². The summed E-state index contributed by atoms with van der Waals surface area (Å²) in [6.07, 6.45) is 0. The van der Waals surface area contributed by atoms with Crippen LogP contribution in [0.25, 0.3) is 0 Å². The fourth-order valence-corrected chi connectivity index (χ4v) is 2.70. The second-order valence-corrected chi connectivity index (χ2v) is 6.53. The van der Waals surface area contributed by atoms with Crippen LogP contribution in [0.4, 0.5) is 11.6 Å². The molecule has 0 spiro atoms. The fourth-order valence-electron chi connectivity index (χ4n) is 1.38. The van der Waals surface area contributed by atoms with Crippen LogP contribution in [0.5, 0.6) is 0 Å². The lowest BCUT2D eigenvalue weighted by Crippen LogP contribution is -2.22. The number of amides is 1. The van der Waals surface area contributed by atoms with Crippen molar-refractivity contribution < 1.29 is 4.79 Å². The first-order chi connectivity index (χ1) is 9.86. The number of H-pyrrole nitrogens is 1. The van der Waals surface area contributed by atoms with Crippen molar-refractivity contribution in [1.82, 2.24) is 15.2 Å². The Morgan fingerprint density at radius 3 is 2.62 bits per heavy atom. The Hall–Kier alpha value is -1.15. The predicted octanol–water partition coefficient (Wildman–Crippen LogP) is 3.47. The Morgan fingerprint density at radius 2 is 2.00 bits per heavy atom. The maximum atomic E-state index is 12.1. The third-order valence-corrected chi connectivity index (χ3v) is 4.40. The maximum absolute atomic E-state index is 12.1. The minimum atomic E-state index is -0.453. The summed E-state index contributed by atoms with van der Waals surface area (Å²) in [5.41, 5.74) is 5.80. The Bertz CT molecular complexity index is 678. The minimum absolute atomic E-state index is 0.192. The summed E-state index contributed by atoms with van der Waals surface area (Å²) in [5.74, 6) is -0.0821. The van der Waals surface area contributed by atoms with E-state index in [1.165, 1.54) is 12.1 Å². The van der Waals surface area contributed by atoms with Crippen molar-refractivity contribution in [3.05, 3.63) is 27.2 Å². The molecule has 1 heterocycles. The van der Waals surface area contributed by atoms with E-state index in [1.54, 1.807) is 6.92 Å². The number of thioether (sulfide) groups is 1. The molecular formula is C11H10Cl3N5OS. The Morgan fingerprint density at radius 1 is 1.33 bits per heavy atom. The van der Waals surface area contributed by atoms with Crippen LogP contribution in [0.3, 0.4) is 0 Å². The van der Waals surface area contributed by atoms with E-state index in [9.17, 15) is 4.79 Å². The third kappa shape index (κ3) is 4.16. The van der Waals surface area contributed by atoms with Crippen molar-refractivity contribution in [1.29, 1.82) is 0 Å². The SMILES string of the molecule is CC(Sc1n[nH]c(N)n1)C(=O)Nc1cc(Cl)c(Cl)cc1Cl. The van der Waals surface area contributed by atoms with Gasteiger partial charge in [0.1, 0.15) is 0 Å². The molecule has 0 bridgehead atoms. The van der Waals surface area contributed by atoms with Crippen LogP contribution in [0.2, 0.25) is 15.1 Å². The molecule has 1 atom stereocenters. The number of nitrogens with two attached hydrogens (primary N) is 1. The number of nitrogens with zero attached hydrogens (tertiary/aromatic N) is 2. The standard InChI is InChI=1S/C11H10Cl3N5OS/c1-4(21-11-17-10(15)18-19-11)9(20)16-8-3-6(13)5(12)2-7(8)14/h2-4H,1H3,(H,16,20)(H3,15,17,18,19). The molecule has 1 aromatic heterocycles.